The predicted molar refractivity (Wildman–Crippen MR) is 88.9 cm³/mol. The number of hydrogen-bond donors (Lipinski definition) is 0. The predicted octanol–water partition coefficient (Wildman–Crippen LogP) is 4.85. The first-order chi connectivity index (χ1) is 10.2. The molecule has 3 nitrogen and oxygen atoms in total. The van der Waals surface area contributed by atoms with Gasteiger partial charge in [0.2, 0.25) is 0 Å². The number of halogens is 1. The first kappa shape index (κ1) is 14.5. The van der Waals surface area contributed by atoms with Gasteiger partial charge in [-0.1, -0.05) is 41.6 Å². The topological polar surface area (TPSA) is 38.7 Å². The highest BCUT2D eigenvalue weighted by Crippen LogP contribution is 2.31. The molecule has 3 aromatic rings. The maximum atomic E-state index is 6.20. The largest absolute Gasteiger partial charge is 0.240 e. The van der Waals surface area contributed by atoms with Crippen LogP contribution in [0.5, 0.6) is 0 Å². The molecule has 0 radical (unpaired) electrons. The first-order valence-electron chi connectivity index (χ1n) is 6.34. The van der Waals surface area contributed by atoms with E-state index < -0.39 is 0 Å². The summed E-state index contributed by atoms with van der Waals surface area (Å²) in [6, 6.07) is 9.65. The van der Waals surface area contributed by atoms with Gasteiger partial charge in [-0.3, -0.25) is 0 Å². The van der Waals surface area contributed by atoms with E-state index in [9.17, 15) is 0 Å². The van der Waals surface area contributed by atoms with Crippen molar-refractivity contribution < 1.29 is 0 Å². The van der Waals surface area contributed by atoms with Gasteiger partial charge in [0.15, 0.2) is 5.16 Å². The van der Waals surface area contributed by atoms with Crippen LogP contribution < -0.4 is 0 Å². The van der Waals surface area contributed by atoms with Crippen LogP contribution in [0.3, 0.4) is 0 Å². The van der Waals surface area contributed by atoms with Crippen LogP contribution in [-0.4, -0.2) is 15.0 Å². The van der Waals surface area contributed by atoms with E-state index in [0.717, 1.165) is 37.9 Å². The van der Waals surface area contributed by atoms with Crippen LogP contribution in [0.15, 0.2) is 47.1 Å². The van der Waals surface area contributed by atoms with Crippen LogP contribution in [0.2, 0.25) is 5.02 Å². The number of thiazole rings is 1. The van der Waals surface area contributed by atoms with Gasteiger partial charge in [-0.2, -0.15) is 0 Å². The van der Waals surface area contributed by atoms with Gasteiger partial charge in [-0.25, -0.2) is 15.0 Å². The lowest BCUT2D eigenvalue weighted by Gasteiger charge is -1.99. The Hall–Kier alpha value is -1.43. The number of benzene rings is 1. The van der Waals surface area contributed by atoms with Gasteiger partial charge < -0.3 is 0 Å². The van der Waals surface area contributed by atoms with Crippen molar-refractivity contribution >= 4 is 34.7 Å². The molecule has 0 bridgehead atoms. The molecule has 2 aromatic heterocycles. The summed E-state index contributed by atoms with van der Waals surface area (Å²) in [5.41, 5.74) is 2.97. The first-order valence-corrected chi connectivity index (χ1v) is 8.58. The molecule has 6 heteroatoms. The highest BCUT2D eigenvalue weighted by Gasteiger charge is 2.09. The Morgan fingerprint density at radius 1 is 1.19 bits per heavy atom. The fraction of sp³-hybridized carbons (Fsp3) is 0.133. The fourth-order valence-corrected chi connectivity index (χ4v) is 3.78. The zero-order valence-electron chi connectivity index (χ0n) is 11.3. The van der Waals surface area contributed by atoms with Crippen molar-refractivity contribution in [2.45, 2.75) is 17.8 Å². The average Bonchev–Trinajstić information content (AvgIpc) is 2.94. The second kappa shape index (κ2) is 6.56. The van der Waals surface area contributed by atoms with E-state index in [1.54, 1.807) is 29.3 Å². The zero-order chi connectivity index (χ0) is 14.7. The molecule has 0 atom stereocenters. The molecule has 2 heterocycles. The third-order valence-corrected chi connectivity index (χ3v) is 4.93. The van der Waals surface area contributed by atoms with Crippen molar-refractivity contribution in [3.63, 3.8) is 0 Å². The van der Waals surface area contributed by atoms with Crippen molar-refractivity contribution in [1.82, 2.24) is 15.0 Å². The van der Waals surface area contributed by atoms with Crippen molar-refractivity contribution in [3.8, 4) is 10.6 Å². The lowest BCUT2D eigenvalue weighted by molar-refractivity contribution is 0.931. The lowest BCUT2D eigenvalue weighted by atomic mass is 10.2. The molecule has 0 aliphatic carbocycles. The van der Waals surface area contributed by atoms with Crippen LogP contribution in [0.25, 0.3) is 10.6 Å². The van der Waals surface area contributed by atoms with E-state index in [-0.39, 0.29) is 0 Å². The van der Waals surface area contributed by atoms with Crippen LogP contribution in [0.1, 0.15) is 11.4 Å². The summed E-state index contributed by atoms with van der Waals surface area (Å²) in [4.78, 5) is 13.3. The molecule has 0 saturated heterocycles. The molecule has 21 heavy (non-hydrogen) atoms. The van der Waals surface area contributed by atoms with Crippen LogP contribution >= 0.6 is 34.7 Å². The minimum atomic E-state index is 0.730. The standard InChI is InChI=1S/C15H12ClN3S2/c1-10-6-7-17-15(18-10)21-9-11-8-20-14(19-11)12-4-2-3-5-13(12)16/h2-8H,9H2,1H3. The fourth-order valence-electron chi connectivity index (χ4n) is 1.77. The SMILES string of the molecule is Cc1ccnc(SCc2csc(-c3ccccc3Cl)n2)n1. The van der Waals surface area contributed by atoms with Crippen molar-refractivity contribution in [1.29, 1.82) is 0 Å². The summed E-state index contributed by atoms with van der Waals surface area (Å²) in [6.07, 6.45) is 1.78. The maximum absolute atomic E-state index is 6.20. The zero-order valence-corrected chi connectivity index (χ0v) is 13.7. The van der Waals surface area contributed by atoms with Crippen LogP contribution in [-0.2, 0) is 5.75 Å². The van der Waals surface area contributed by atoms with Gasteiger partial charge in [0.1, 0.15) is 5.01 Å². The van der Waals surface area contributed by atoms with Crippen molar-refractivity contribution in [2.75, 3.05) is 0 Å². The summed E-state index contributed by atoms with van der Waals surface area (Å²) in [7, 11) is 0. The van der Waals surface area contributed by atoms with Crippen LogP contribution in [0.4, 0.5) is 0 Å². The molecule has 3 rings (SSSR count). The molecular weight excluding hydrogens is 322 g/mol. The van der Waals surface area contributed by atoms with Gasteiger partial charge in [0.05, 0.1) is 10.7 Å². The number of aryl methyl sites for hydroxylation is 1. The Bertz CT molecular complexity index is 758. The molecule has 0 aliphatic heterocycles. The Balaban J connectivity index is 1.72. The van der Waals surface area contributed by atoms with E-state index in [1.165, 1.54) is 0 Å². The number of thioether (sulfide) groups is 1. The monoisotopic (exact) mass is 333 g/mol. The molecule has 0 fully saturated rings. The summed E-state index contributed by atoms with van der Waals surface area (Å²) >= 11 is 9.39. The second-order valence-corrected chi connectivity index (χ2v) is 6.60. The molecule has 0 N–H and O–H groups in total. The third kappa shape index (κ3) is 3.61. The highest BCUT2D eigenvalue weighted by atomic mass is 35.5. The summed E-state index contributed by atoms with van der Waals surface area (Å²) in [6.45, 7) is 1.96. The van der Waals surface area contributed by atoms with Gasteiger partial charge >= 0.3 is 0 Å². The summed E-state index contributed by atoms with van der Waals surface area (Å²) < 4.78 is 0. The maximum Gasteiger partial charge on any atom is 0.188 e. The Morgan fingerprint density at radius 3 is 2.86 bits per heavy atom. The summed E-state index contributed by atoms with van der Waals surface area (Å²) in [5.74, 6) is 0.754. The smallest absolute Gasteiger partial charge is 0.188 e. The highest BCUT2D eigenvalue weighted by molar-refractivity contribution is 7.98. The minimum Gasteiger partial charge on any atom is -0.240 e. The number of nitrogens with zero attached hydrogens (tertiary/aromatic N) is 3. The van der Waals surface area contributed by atoms with Crippen LogP contribution in [0, 0.1) is 6.92 Å². The molecule has 106 valence electrons. The molecule has 0 spiro atoms. The second-order valence-electron chi connectivity index (χ2n) is 4.39. The normalized spacial score (nSPS) is 10.8. The van der Waals surface area contributed by atoms with Gasteiger partial charge in [0, 0.05) is 28.6 Å². The van der Waals surface area contributed by atoms with E-state index in [0.29, 0.717) is 0 Å². The van der Waals surface area contributed by atoms with E-state index in [2.05, 4.69) is 20.3 Å². The Kier molecular flexibility index (Phi) is 4.53. The number of rotatable bonds is 4. The van der Waals surface area contributed by atoms with Gasteiger partial charge in [0.25, 0.3) is 0 Å². The summed E-state index contributed by atoms with van der Waals surface area (Å²) in [5, 5.41) is 4.51. The minimum absolute atomic E-state index is 0.730. The quantitative estimate of drug-likeness (QED) is 0.505. The van der Waals surface area contributed by atoms with E-state index in [1.807, 2.05) is 37.3 Å². The van der Waals surface area contributed by atoms with E-state index >= 15 is 0 Å². The van der Waals surface area contributed by atoms with Crippen molar-refractivity contribution in [3.05, 3.63) is 58.3 Å². The molecule has 0 saturated carbocycles. The molecule has 1 aromatic carbocycles. The number of hydrogen-bond acceptors (Lipinski definition) is 5. The number of aromatic nitrogens is 3. The average molecular weight is 334 g/mol. The van der Waals surface area contributed by atoms with Gasteiger partial charge in [-0.15, -0.1) is 11.3 Å². The molecular formula is C15H12ClN3S2. The molecule has 0 unspecified atom stereocenters. The van der Waals surface area contributed by atoms with E-state index in [4.69, 9.17) is 11.6 Å². The lowest BCUT2D eigenvalue weighted by Crippen LogP contribution is -1.89. The van der Waals surface area contributed by atoms with Gasteiger partial charge in [-0.05, 0) is 19.1 Å². The third-order valence-electron chi connectivity index (χ3n) is 2.78. The Labute approximate surface area is 136 Å². The molecule has 0 amide bonds. The molecule has 0 aliphatic rings. The van der Waals surface area contributed by atoms with Crippen molar-refractivity contribution in [2.24, 2.45) is 0 Å². The Morgan fingerprint density at radius 2 is 2.05 bits per heavy atom.